The Morgan fingerprint density at radius 2 is 1.88 bits per heavy atom. The van der Waals surface area contributed by atoms with E-state index in [4.69, 9.17) is 4.74 Å². The van der Waals surface area contributed by atoms with Gasteiger partial charge in [0.25, 0.3) is 5.91 Å². The fourth-order valence-electron chi connectivity index (χ4n) is 2.83. The topological polar surface area (TPSA) is 56.2 Å². The predicted octanol–water partition coefficient (Wildman–Crippen LogP) is 6.63. The molecule has 2 heterocycles. The summed E-state index contributed by atoms with van der Waals surface area (Å²) in [6, 6.07) is 12.7. The van der Waals surface area contributed by atoms with Crippen molar-refractivity contribution in [3.8, 4) is 5.75 Å². The Hall–Kier alpha value is -2.56. The van der Waals surface area contributed by atoms with Gasteiger partial charge in [-0.2, -0.15) is 5.10 Å². The van der Waals surface area contributed by atoms with Crippen LogP contribution < -0.4 is 10.1 Å². The molecular weight excluding hydrogens is 568 g/mol. The molecule has 4 aromatic rings. The number of aromatic nitrogens is 2. The van der Waals surface area contributed by atoms with E-state index in [1.807, 2.05) is 24.3 Å². The molecule has 10 heteroatoms. The van der Waals surface area contributed by atoms with Crippen molar-refractivity contribution in [3.05, 3.63) is 96.7 Å². The molecule has 164 valence electrons. The third-order valence-electron chi connectivity index (χ3n) is 4.37. The Labute approximate surface area is 203 Å². The standard InChI is InChI=1S/C22H15Br2F2N3O2S/c23-15-3-1-13(2-4-15)9-29-10-17(24)21(28-29)27-22(30)20-7-14(12-32-20)11-31-19-6-5-16(25)8-18(19)26/h1-8,10,12H,9,11H2,(H,27,28,30). The Balaban J connectivity index is 1.37. The number of halogens is 4. The monoisotopic (exact) mass is 581 g/mol. The van der Waals surface area contributed by atoms with Crippen LogP contribution in [0.25, 0.3) is 0 Å². The highest BCUT2D eigenvalue weighted by molar-refractivity contribution is 9.10. The highest BCUT2D eigenvalue weighted by Gasteiger charge is 2.15. The number of hydrogen-bond donors (Lipinski definition) is 1. The maximum atomic E-state index is 13.7. The molecule has 0 unspecified atom stereocenters. The van der Waals surface area contributed by atoms with E-state index < -0.39 is 11.6 Å². The molecule has 0 saturated heterocycles. The van der Waals surface area contributed by atoms with Crippen LogP contribution in [0.1, 0.15) is 20.8 Å². The van der Waals surface area contributed by atoms with E-state index in [0.717, 1.165) is 22.2 Å². The molecule has 0 aliphatic heterocycles. The molecule has 1 N–H and O–H groups in total. The summed E-state index contributed by atoms with van der Waals surface area (Å²) in [6.45, 7) is 0.611. The van der Waals surface area contributed by atoms with Crippen molar-refractivity contribution in [3.63, 3.8) is 0 Å². The molecule has 0 fully saturated rings. The molecule has 5 nitrogen and oxygen atoms in total. The second kappa shape index (κ2) is 9.93. The number of anilines is 1. The first-order valence-corrected chi connectivity index (χ1v) is 11.8. The number of hydrogen-bond acceptors (Lipinski definition) is 4. The van der Waals surface area contributed by atoms with E-state index in [1.165, 1.54) is 17.4 Å². The van der Waals surface area contributed by atoms with Gasteiger partial charge in [-0.15, -0.1) is 11.3 Å². The average Bonchev–Trinajstić information content (AvgIpc) is 3.36. The van der Waals surface area contributed by atoms with Crippen molar-refractivity contribution in [2.75, 3.05) is 5.32 Å². The zero-order valence-corrected chi connectivity index (χ0v) is 20.3. The maximum absolute atomic E-state index is 13.7. The number of rotatable bonds is 7. The third-order valence-corrected chi connectivity index (χ3v) is 6.46. The van der Waals surface area contributed by atoms with Gasteiger partial charge in [0.1, 0.15) is 12.4 Å². The molecule has 32 heavy (non-hydrogen) atoms. The largest absolute Gasteiger partial charge is 0.486 e. The molecule has 0 spiro atoms. The number of amides is 1. The molecule has 0 bridgehead atoms. The van der Waals surface area contributed by atoms with Crippen molar-refractivity contribution in [1.82, 2.24) is 9.78 Å². The lowest BCUT2D eigenvalue weighted by atomic mass is 10.2. The zero-order valence-electron chi connectivity index (χ0n) is 16.3. The molecule has 4 rings (SSSR count). The summed E-state index contributed by atoms with van der Waals surface area (Å²) in [4.78, 5) is 13.1. The van der Waals surface area contributed by atoms with Gasteiger partial charge in [-0.05, 0) is 57.2 Å². The highest BCUT2D eigenvalue weighted by atomic mass is 79.9. The Bertz CT molecular complexity index is 1260. The number of nitrogens with one attached hydrogen (secondary N) is 1. The summed E-state index contributed by atoms with van der Waals surface area (Å²) in [5, 5.41) is 8.96. The minimum Gasteiger partial charge on any atom is -0.486 e. The molecule has 0 saturated carbocycles. The molecule has 2 aromatic carbocycles. The summed E-state index contributed by atoms with van der Waals surface area (Å²) in [5.41, 5.74) is 1.77. The van der Waals surface area contributed by atoms with E-state index in [9.17, 15) is 13.6 Å². The zero-order chi connectivity index (χ0) is 22.7. The van der Waals surface area contributed by atoms with Crippen LogP contribution >= 0.6 is 43.2 Å². The lowest BCUT2D eigenvalue weighted by molar-refractivity contribution is 0.103. The van der Waals surface area contributed by atoms with Gasteiger partial charge in [-0.3, -0.25) is 9.48 Å². The van der Waals surface area contributed by atoms with Crippen molar-refractivity contribution in [2.45, 2.75) is 13.2 Å². The first-order valence-electron chi connectivity index (χ1n) is 9.31. The molecule has 0 aliphatic carbocycles. The first-order chi connectivity index (χ1) is 15.4. The van der Waals surface area contributed by atoms with Crippen LogP contribution in [0, 0.1) is 11.6 Å². The van der Waals surface area contributed by atoms with Crippen LogP contribution in [-0.2, 0) is 13.2 Å². The van der Waals surface area contributed by atoms with Crippen molar-refractivity contribution in [1.29, 1.82) is 0 Å². The van der Waals surface area contributed by atoms with Crippen LogP contribution in [0.3, 0.4) is 0 Å². The predicted molar refractivity (Wildman–Crippen MR) is 126 cm³/mol. The van der Waals surface area contributed by atoms with Gasteiger partial charge >= 0.3 is 0 Å². The number of thiophene rings is 1. The second-order valence-corrected chi connectivity index (χ2v) is 9.47. The molecule has 0 radical (unpaired) electrons. The summed E-state index contributed by atoms with van der Waals surface area (Å²) >= 11 is 8.07. The lowest BCUT2D eigenvalue weighted by Crippen LogP contribution is -2.11. The Kier molecular flexibility index (Phi) is 7.02. The van der Waals surface area contributed by atoms with E-state index in [0.29, 0.717) is 27.3 Å². The average molecular weight is 583 g/mol. The number of nitrogens with zero attached hydrogens (tertiary/aromatic N) is 2. The van der Waals surface area contributed by atoms with E-state index in [-0.39, 0.29) is 18.3 Å². The third kappa shape index (κ3) is 5.62. The minimum absolute atomic E-state index is 0.0520. The van der Waals surface area contributed by atoms with E-state index in [1.54, 1.807) is 22.3 Å². The summed E-state index contributed by atoms with van der Waals surface area (Å²) < 4.78 is 35.4. The lowest BCUT2D eigenvalue weighted by Gasteiger charge is -2.05. The number of carbonyl (C=O) groups is 1. The van der Waals surface area contributed by atoms with Gasteiger partial charge in [0.2, 0.25) is 0 Å². The van der Waals surface area contributed by atoms with Gasteiger partial charge in [0.15, 0.2) is 17.4 Å². The minimum atomic E-state index is -0.776. The van der Waals surface area contributed by atoms with Gasteiger partial charge in [0, 0.05) is 22.3 Å². The van der Waals surface area contributed by atoms with Crippen molar-refractivity contribution in [2.24, 2.45) is 0 Å². The Morgan fingerprint density at radius 3 is 2.62 bits per heavy atom. The smallest absolute Gasteiger partial charge is 0.266 e. The van der Waals surface area contributed by atoms with Crippen molar-refractivity contribution < 1.29 is 18.3 Å². The fraction of sp³-hybridized carbons (Fsp3) is 0.0909. The SMILES string of the molecule is O=C(Nc1nn(Cc2ccc(Br)cc2)cc1Br)c1cc(COc2ccc(F)cc2F)cs1. The van der Waals surface area contributed by atoms with Gasteiger partial charge < -0.3 is 10.1 Å². The van der Waals surface area contributed by atoms with Crippen molar-refractivity contribution >= 4 is 54.9 Å². The van der Waals surface area contributed by atoms with Crippen LogP contribution in [0.5, 0.6) is 5.75 Å². The van der Waals surface area contributed by atoms with Crippen LogP contribution in [0.2, 0.25) is 0 Å². The number of benzene rings is 2. The van der Waals surface area contributed by atoms with E-state index in [2.05, 4.69) is 42.3 Å². The van der Waals surface area contributed by atoms with Gasteiger partial charge in [-0.25, -0.2) is 8.78 Å². The van der Waals surface area contributed by atoms with Gasteiger partial charge in [0.05, 0.1) is 15.9 Å². The van der Waals surface area contributed by atoms with Crippen LogP contribution in [0.15, 0.2) is 69.1 Å². The molecule has 1 amide bonds. The number of carbonyl (C=O) groups excluding carboxylic acids is 1. The van der Waals surface area contributed by atoms with Crippen LogP contribution in [-0.4, -0.2) is 15.7 Å². The fourth-order valence-corrected chi connectivity index (χ4v) is 4.30. The number of ether oxygens (including phenoxy) is 1. The van der Waals surface area contributed by atoms with E-state index >= 15 is 0 Å². The normalized spacial score (nSPS) is 10.9. The maximum Gasteiger partial charge on any atom is 0.266 e. The highest BCUT2D eigenvalue weighted by Crippen LogP contribution is 2.24. The summed E-state index contributed by atoms with van der Waals surface area (Å²) in [5.74, 6) is -1.41. The molecule has 2 aromatic heterocycles. The van der Waals surface area contributed by atoms with Gasteiger partial charge in [-0.1, -0.05) is 28.1 Å². The van der Waals surface area contributed by atoms with Crippen LogP contribution in [0.4, 0.5) is 14.6 Å². The summed E-state index contributed by atoms with van der Waals surface area (Å²) in [6.07, 6.45) is 1.79. The molecular formula is C22H15Br2F2N3O2S. The Morgan fingerprint density at radius 1 is 1.09 bits per heavy atom. The summed E-state index contributed by atoms with van der Waals surface area (Å²) in [7, 11) is 0. The second-order valence-electron chi connectivity index (χ2n) is 6.79. The molecule has 0 aliphatic rings. The first kappa shape index (κ1) is 22.6. The quantitative estimate of drug-likeness (QED) is 0.266. The molecule has 0 atom stereocenters.